The van der Waals surface area contributed by atoms with Crippen LogP contribution in [0.5, 0.6) is 0 Å². The number of furan rings is 2. The molecule has 2 heterocycles. The molecule has 0 N–H and O–H groups in total. The molecular formula is C77H54N2O2Si. The minimum Gasteiger partial charge on any atom is -0.454 e. The number of nitrogens with zero attached hydrogens (tertiary/aromatic N) is 2. The van der Waals surface area contributed by atoms with Crippen molar-refractivity contribution in [3.63, 3.8) is 0 Å². The molecule has 1 spiro atoms. The topological polar surface area (TPSA) is 32.8 Å². The summed E-state index contributed by atoms with van der Waals surface area (Å²) in [6, 6.07) is 94.8. The van der Waals surface area contributed by atoms with E-state index >= 15 is 0 Å². The van der Waals surface area contributed by atoms with Crippen molar-refractivity contribution in [2.45, 2.75) is 32.0 Å². The van der Waals surface area contributed by atoms with E-state index < -0.39 is 13.5 Å². The first kappa shape index (κ1) is 46.9. The number of rotatable bonds is 7. The van der Waals surface area contributed by atoms with Gasteiger partial charge in [-0.15, -0.1) is 0 Å². The molecule has 0 bridgehead atoms. The largest absolute Gasteiger partial charge is 0.454 e. The lowest BCUT2D eigenvalue weighted by Crippen LogP contribution is -2.37. The van der Waals surface area contributed by atoms with Crippen molar-refractivity contribution in [3.05, 3.63) is 283 Å². The number of aryl methyl sites for hydroxylation is 1. The van der Waals surface area contributed by atoms with Crippen LogP contribution in [0.2, 0.25) is 19.6 Å². The van der Waals surface area contributed by atoms with E-state index in [4.69, 9.17) is 8.83 Å². The van der Waals surface area contributed by atoms with Crippen molar-refractivity contribution in [2.24, 2.45) is 0 Å². The molecule has 13 aromatic carbocycles. The molecule has 17 rings (SSSR count). The molecule has 82 heavy (non-hydrogen) atoms. The van der Waals surface area contributed by atoms with Gasteiger partial charge in [0.25, 0.3) is 0 Å². The van der Waals surface area contributed by atoms with Crippen molar-refractivity contribution in [2.75, 3.05) is 9.80 Å². The van der Waals surface area contributed by atoms with Gasteiger partial charge in [-0.25, -0.2) is 0 Å². The van der Waals surface area contributed by atoms with E-state index in [9.17, 15) is 0 Å². The zero-order chi connectivity index (χ0) is 54.6. The van der Waals surface area contributed by atoms with Gasteiger partial charge in [-0.2, -0.15) is 0 Å². The Morgan fingerprint density at radius 2 is 0.829 bits per heavy atom. The summed E-state index contributed by atoms with van der Waals surface area (Å²) in [6.45, 7) is 9.39. The monoisotopic (exact) mass is 1070 g/mol. The van der Waals surface area contributed by atoms with Gasteiger partial charge in [0.05, 0.1) is 24.9 Å². The highest BCUT2D eigenvalue weighted by atomic mass is 28.3. The molecule has 388 valence electrons. The Morgan fingerprint density at radius 1 is 0.341 bits per heavy atom. The summed E-state index contributed by atoms with van der Waals surface area (Å²) >= 11 is 0. The van der Waals surface area contributed by atoms with E-state index in [1.807, 2.05) is 0 Å². The van der Waals surface area contributed by atoms with Crippen LogP contribution in [0.15, 0.2) is 264 Å². The molecule has 0 fully saturated rings. The summed E-state index contributed by atoms with van der Waals surface area (Å²) in [5.74, 6) is 0. The van der Waals surface area contributed by atoms with Crippen molar-refractivity contribution in [3.8, 4) is 22.3 Å². The van der Waals surface area contributed by atoms with Gasteiger partial charge in [-0.3, -0.25) is 0 Å². The highest BCUT2D eigenvalue weighted by Gasteiger charge is 2.54. The maximum Gasteiger partial charge on any atom is 0.159 e. The van der Waals surface area contributed by atoms with E-state index in [-0.39, 0.29) is 0 Å². The second-order valence-corrected chi connectivity index (χ2v) is 28.6. The summed E-state index contributed by atoms with van der Waals surface area (Å²) in [4.78, 5) is 4.79. The average Bonchev–Trinajstić information content (AvgIpc) is 1.74. The normalized spacial score (nSPS) is 13.2. The zero-order valence-corrected chi connectivity index (χ0v) is 47.0. The maximum atomic E-state index is 6.83. The van der Waals surface area contributed by atoms with Gasteiger partial charge in [-0.1, -0.05) is 212 Å². The number of fused-ring (bicyclic) bond motifs is 23. The molecule has 15 aromatic rings. The van der Waals surface area contributed by atoms with Crippen LogP contribution in [0, 0.1) is 6.92 Å². The van der Waals surface area contributed by atoms with Gasteiger partial charge < -0.3 is 18.6 Å². The third-order valence-corrected chi connectivity index (χ3v) is 20.1. The molecule has 0 radical (unpaired) electrons. The van der Waals surface area contributed by atoms with Gasteiger partial charge in [0.1, 0.15) is 11.2 Å². The lowest BCUT2D eigenvalue weighted by atomic mass is 9.68. The van der Waals surface area contributed by atoms with Gasteiger partial charge in [-0.05, 0) is 157 Å². The van der Waals surface area contributed by atoms with Gasteiger partial charge in [0.2, 0.25) is 0 Å². The summed E-state index contributed by atoms with van der Waals surface area (Å²) < 4.78 is 13.6. The predicted octanol–water partition coefficient (Wildman–Crippen LogP) is 21.1. The highest BCUT2D eigenvalue weighted by molar-refractivity contribution is 6.88. The third-order valence-electron chi connectivity index (χ3n) is 18.0. The smallest absolute Gasteiger partial charge is 0.159 e. The number of hydrogen-bond donors (Lipinski definition) is 0. The van der Waals surface area contributed by atoms with Crippen LogP contribution in [-0.4, -0.2) is 8.07 Å². The van der Waals surface area contributed by atoms with E-state index in [2.05, 4.69) is 291 Å². The lowest BCUT2D eigenvalue weighted by Gasteiger charge is -2.33. The first-order chi connectivity index (χ1) is 40.2. The van der Waals surface area contributed by atoms with Crippen molar-refractivity contribution in [1.82, 2.24) is 0 Å². The summed E-state index contributed by atoms with van der Waals surface area (Å²) in [5, 5.41) is 13.2. The van der Waals surface area contributed by atoms with Crippen LogP contribution in [0.25, 0.3) is 98.4 Å². The van der Waals surface area contributed by atoms with Crippen molar-refractivity contribution >= 4 is 124 Å². The molecule has 4 nitrogen and oxygen atoms in total. The summed E-state index contributed by atoms with van der Waals surface area (Å²) in [5.41, 5.74) is 20.7. The fourth-order valence-electron chi connectivity index (χ4n) is 14.4. The van der Waals surface area contributed by atoms with Crippen molar-refractivity contribution in [1.29, 1.82) is 0 Å². The second-order valence-electron chi connectivity index (χ2n) is 23.6. The van der Waals surface area contributed by atoms with Crippen molar-refractivity contribution < 1.29 is 8.83 Å². The fraction of sp³-hybridized carbons (Fsp3) is 0.0649. The summed E-state index contributed by atoms with van der Waals surface area (Å²) in [7, 11) is -1.59. The SMILES string of the molecule is Cc1ccc(N(c2ccc3c4c(c5ccccc5c3c2)-c2ccc3cc(N(c5ccc([Si](C)(C)C)cc5)c5cccc6c5oc5ccccc56)ccc3c2C42c3ccccc3-c3ccccc32)c2cccc3c2oc2ccccc23)cc1. The molecule has 2 aromatic heterocycles. The van der Waals surface area contributed by atoms with Gasteiger partial charge in [0, 0.05) is 44.3 Å². The zero-order valence-electron chi connectivity index (χ0n) is 46.0. The molecule has 0 amide bonds. The van der Waals surface area contributed by atoms with Gasteiger partial charge >= 0.3 is 0 Å². The Labute approximate surface area is 476 Å². The molecule has 0 saturated carbocycles. The number of anilines is 6. The number of benzene rings is 13. The molecule has 2 aliphatic rings. The van der Waals surface area contributed by atoms with Crippen LogP contribution in [0.3, 0.4) is 0 Å². The molecular weight excluding hydrogens is 1010 g/mol. The maximum absolute atomic E-state index is 6.83. The molecule has 5 heteroatoms. The van der Waals surface area contributed by atoms with E-state index in [0.717, 1.165) is 78.0 Å². The molecule has 0 aliphatic heterocycles. The molecule has 0 unspecified atom stereocenters. The van der Waals surface area contributed by atoms with E-state index in [1.54, 1.807) is 0 Å². The predicted molar refractivity (Wildman–Crippen MR) is 347 cm³/mol. The Bertz CT molecular complexity index is 5130. The Kier molecular flexibility index (Phi) is 9.89. The molecule has 0 atom stereocenters. The fourth-order valence-corrected chi connectivity index (χ4v) is 15.6. The first-order valence-corrected chi connectivity index (χ1v) is 32.1. The van der Waals surface area contributed by atoms with Gasteiger partial charge in [0.15, 0.2) is 11.2 Å². The first-order valence-electron chi connectivity index (χ1n) is 28.6. The quantitative estimate of drug-likeness (QED) is 0.118. The van der Waals surface area contributed by atoms with Crippen LogP contribution >= 0.6 is 0 Å². The summed E-state index contributed by atoms with van der Waals surface area (Å²) in [6.07, 6.45) is 0. The standard InChI is InChI=1S/C77H54N2O2Si/c1-47-31-34-49(35-32-47)79(69-28-16-24-63-59-21-10-14-30-71(59)81-76(63)69)52-39-44-61-65(46-52)55-17-5-6-22-60(55)72-64-42-33-48-45-51(38-43-54(48)73(64)77(74(61)72)66-25-11-7-18-56(66)57-19-8-12-26-67(57)77)78(50-36-40-53(41-37-50)82(2,3)4)68-27-15-23-62-58-20-9-13-29-70(58)80-75(62)68/h5-46H,1-4H3. The Balaban J connectivity index is 0.931. The second kappa shape index (κ2) is 17.3. The van der Waals surface area contributed by atoms with Crippen LogP contribution in [0.4, 0.5) is 34.1 Å². The lowest BCUT2D eigenvalue weighted by molar-refractivity contribution is 0.668. The van der Waals surface area contributed by atoms with E-state index in [1.165, 1.54) is 87.6 Å². The average molecular weight is 1070 g/mol. The Hall–Kier alpha value is -9.94. The van der Waals surface area contributed by atoms with E-state index in [0.29, 0.717) is 0 Å². The van der Waals surface area contributed by atoms with Crippen LogP contribution < -0.4 is 15.0 Å². The minimum atomic E-state index is -1.59. The minimum absolute atomic E-state index is 0.661. The molecule has 0 saturated heterocycles. The number of hydrogen-bond acceptors (Lipinski definition) is 4. The third kappa shape index (κ3) is 6.54. The number of para-hydroxylation sites is 4. The van der Waals surface area contributed by atoms with Crippen LogP contribution in [-0.2, 0) is 5.41 Å². The highest BCUT2D eigenvalue weighted by Crippen LogP contribution is 2.67. The van der Waals surface area contributed by atoms with Crippen LogP contribution in [0.1, 0.15) is 27.8 Å². The molecule has 2 aliphatic carbocycles. The Morgan fingerprint density at radius 3 is 1.43 bits per heavy atom.